The summed E-state index contributed by atoms with van der Waals surface area (Å²) in [7, 11) is 1.80. The van der Waals surface area contributed by atoms with E-state index in [9.17, 15) is 9.59 Å². The van der Waals surface area contributed by atoms with Gasteiger partial charge in [0.15, 0.2) is 0 Å². The van der Waals surface area contributed by atoms with Gasteiger partial charge in [-0.05, 0) is 45.4 Å². The predicted octanol–water partition coefficient (Wildman–Crippen LogP) is 1.42. The van der Waals surface area contributed by atoms with E-state index in [1.807, 2.05) is 36.9 Å². The molecule has 5 nitrogen and oxygen atoms in total. The fourth-order valence-electron chi connectivity index (χ4n) is 2.78. The predicted molar refractivity (Wildman–Crippen MR) is 87.9 cm³/mol. The number of benzene rings is 1. The average Bonchev–Trinajstić information content (AvgIpc) is 2.45. The Morgan fingerprint density at radius 1 is 1.27 bits per heavy atom. The molecule has 1 N–H and O–H groups in total. The van der Waals surface area contributed by atoms with Crippen LogP contribution in [0.1, 0.15) is 25.8 Å². The highest BCUT2D eigenvalue weighted by Gasteiger charge is 2.23. The first-order chi connectivity index (χ1) is 10.5. The lowest BCUT2D eigenvalue weighted by Gasteiger charge is -2.30. The number of rotatable bonds is 5. The fourth-order valence-corrected chi connectivity index (χ4v) is 2.78. The number of nitrogens with one attached hydrogen (secondary N) is 1. The number of nitrogens with zero attached hydrogens (tertiary/aromatic N) is 2. The van der Waals surface area contributed by atoms with E-state index in [0.29, 0.717) is 0 Å². The second-order valence-electron chi connectivity index (χ2n) is 6.17. The Morgan fingerprint density at radius 3 is 2.73 bits per heavy atom. The summed E-state index contributed by atoms with van der Waals surface area (Å²) in [4.78, 5) is 27.9. The third kappa shape index (κ3) is 4.31. The molecule has 5 heteroatoms. The number of fused-ring (bicyclic) bond motifs is 1. The Kier molecular flexibility index (Phi) is 5.55. The maximum Gasteiger partial charge on any atom is 0.241 e. The fraction of sp³-hybridized carbons (Fsp3) is 0.529. The lowest BCUT2D eigenvalue weighted by molar-refractivity contribution is -0.123. The maximum absolute atomic E-state index is 12.5. The van der Waals surface area contributed by atoms with Crippen molar-refractivity contribution in [2.24, 2.45) is 0 Å². The van der Waals surface area contributed by atoms with E-state index in [2.05, 4.69) is 11.4 Å². The molecule has 0 saturated carbocycles. The van der Waals surface area contributed by atoms with E-state index in [1.165, 1.54) is 5.56 Å². The van der Waals surface area contributed by atoms with Crippen LogP contribution in [0.2, 0.25) is 0 Å². The summed E-state index contributed by atoms with van der Waals surface area (Å²) in [6.07, 6.45) is 2.01. The largest absolute Gasteiger partial charge is 0.353 e. The highest BCUT2D eigenvalue weighted by molar-refractivity contribution is 5.96. The number of carbonyl (C=O) groups excluding carboxylic acids is 2. The van der Waals surface area contributed by atoms with Crippen LogP contribution in [0.25, 0.3) is 0 Å². The minimum absolute atomic E-state index is 0.0481. The molecule has 0 radical (unpaired) electrons. The monoisotopic (exact) mass is 303 g/mol. The SMILES string of the molecule is CC(C)NC(=O)CN(C)CC(=O)N1CCCc2ccccc21. The van der Waals surface area contributed by atoms with Gasteiger partial charge < -0.3 is 10.2 Å². The first kappa shape index (κ1) is 16.5. The Morgan fingerprint density at radius 2 is 2.00 bits per heavy atom. The number of para-hydroxylation sites is 1. The molecule has 2 rings (SSSR count). The molecule has 1 aromatic rings. The second kappa shape index (κ2) is 7.40. The summed E-state index contributed by atoms with van der Waals surface area (Å²) in [5.74, 6) is -0.00339. The second-order valence-corrected chi connectivity index (χ2v) is 6.17. The van der Waals surface area contributed by atoms with Gasteiger partial charge in [0.25, 0.3) is 0 Å². The van der Waals surface area contributed by atoms with Crippen LogP contribution in [0, 0.1) is 0 Å². The van der Waals surface area contributed by atoms with E-state index in [1.54, 1.807) is 11.9 Å². The van der Waals surface area contributed by atoms with Crippen molar-refractivity contribution in [3.63, 3.8) is 0 Å². The van der Waals surface area contributed by atoms with Gasteiger partial charge in [-0.1, -0.05) is 18.2 Å². The Balaban J connectivity index is 1.94. The van der Waals surface area contributed by atoms with Crippen LogP contribution >= 0.6 is 0 Å². The third-order valence-corrected chi connectivity index (χ3v) is 3.68. The molecule has 0 aliphatic carbocycles. The van der Waals surface area contributed by atoms with Gasteiger partial charge in [-0.25, -0.2) is 0 Å². The zero-order valence-electron chi connectivity index (χ0n) is 13.6. The summed E-state index contributed by atoms with van der Waals surface area (Å²) >= 11 is 0. The molecule has 0 spiro atoms. The summed E-state index contributed by atoms with van der Waals surface area (Å²) in [5.41, 5.74) is 2.24. The van der Waals surface area contributed by atoms with Crippen molar-refractivity contribution < 1.29 is 9.59 Å². The van der Waals surface area contributed by atoms with Gasteiger partial charge in [0.1, 0.15) is 0 Å². The van der Waals surface area contributed by atoms with E-state index in [0.717, 1.165) is 25.1 Å². The number of likely N-dealkylation sites (N-methyl/N-ethyl adjacent to an activating group) is 1. The molecule has 1 aliphatic heterocycles. The number of hydrogen-bond donors (Lipinski definition) is 1. The van der Waals surface area contributed by atoms with Crippen LogP contribution in [-0.4, -0.2) is 49.4 Å². The zero-order valence-corrected chi connectivity index (χ0v) is 13.6. The number of carbonyl (C=O) groups is 2. The summed E-state index contributed by atoms with van der Waals surface area (Å²) in [6, 6.07) is 8.16. The Hall–Kier alpha value is -1.88. The van der Waals surface area contributed by atoms with Crippen LogP contribution in [0.3, 0.4) is 0 Å². The normalized spacial score (nSPS) is 14.1. The number of amides is 2. The quantitative estimate of drug-likeness (QED) is 0.895. The zero-order chi connectivity index (χ0) is 16.1. The molecule has 1 heterocycles. The molecule has 0 saturated heterocycles. The summed E-state index contributed by atoms with van der Waals surface area (Å²) in [6.45, 7) is 5.09. The number of aryl methyl sites for hydroxylation is 1. The molecule has 0 atom stereocenters. The number of anilines is 1. The van der Waals surface area contributed by atoms with Crippen molar-refractivity contribution in [1.29, 1.82) is 0 Å². The smallest absolute Gasteiger partial charge is 0.241 e. The molecule has 2 amide bonds. The first-order valence-corrected chi connectivity index (χ1v) is 7.83. The van der Waals surface area contributed by atoms with Crippen molar-refractivity contribution >= 4 is 17.5 Å². The minimum atomic E-state index is -0.0515. The summed E-state index contributed by atoms with van der Waals surface area (Å²) in [5, 5.41) is 2.84. The van der Waals surface area contributed by atoms with Gasteiger partial charge in [-0.3, -0.25) is 14.5 Å². The van der Waals surface area contributed by atoms with Gasteiger partial charge in [-0.2, -0.15) is 0 Å². The van der Waals surface area contributed by atoms with Crippen molar-refractivity contribution in [3.05, 3.63) is 29.8 Å². The van der Waals surface area contributed by atoms with Gasteiger partial charge in [0, 0.05) is 18.3 Å². The van der Waals surface area contributed by atoms with E-state index in [4.69, 9.17) is 0 Å². The molecule has 1 aromatic carbocycles. The van der Waals surface area contributed by atoms with Crippen LogP contribution in [0.15, 0.2) is 24.3 Å². The Bertz CT molecular complexity index is 542. The average molecular weight is 303 g/mol. The topological polar surface area (TPSA) is 52.7 Å². The highest BCUT2D eigenvalue weighted by Crippen LogP contribution is 2.26. The maximum atomic E-state index is 12.5. The van der Waals surface area contributed by atoms with E-state index >= 15 is 0 Å². The van der Waals surface area contributed by atoms with Crippen molar-refractivity contribution in [2.75, 3.05) is 31.6 Å². The molecule has 120 valence electrons. The van der Waals surface area contributed by atoms with E-state index < -0.39 is 0 Å². The standard InChI is InChI=1S/C17H25N3O2/c1-13(2)18-16(21)11-19(3)12-17(22)20-10-6-8-14-7-4-5-9-15(14)20/h4-5,7,9,13H,6,8,10-12H2,1-3H3,(H,18,21). The molecule has 1 aliphatic rings. The third-order valence-electron chi connectivity index (χ3n) is 3.68. The molecule has 0 aromatic heterocycles. The lowest BCUT2D eigenvalue weighted by Crippen LogP contribution is -2.45. The highest BCUT2D eigenvalue weighted by atomic mass is 16.2. The van der Waals surface area contributed by atoms with Crippen molar-refractivity contribution in [2.45, 2.75) is 32.7 Å². The van der Waals surface area contributed by atoms with E-state index in [-0.39, 0.29) is 30.9 Å². The van der Waals surface area contributed by atoms with Crippen LogP contribution in [0.4, 0.5) is 5.69 Å². The van der Waals surface area contributed by atoms with Crippen LogP contribution in [0.5, 0.6) is 0 Å². The molecule has 0 fully saturated rings. The van der Waals surface area contributed by atoms with Gasteiger partial charge in [0.2, 0.25) is 11.8 Å². The minimum Gasteiger partial charge on any atom is -0.353 e. The molecule has 22 heavy (non-hydrogen) atoms. The van der Waals surface area contributed by atoms with Crippen molar-refractivity contribution in [3.8, 4) is 0 Å². The lowest BCUT2D eigenvalue weighted by atomic mass is 10.0. The molecule has 0 bridgehead atoms. The van der Waals surface area contributed by atoms with Crippen molar-refractivity contribution in [1.82, 2.24) is 10.2 Å². The molecular formula is C17H25N3O2. The Labute approximate surface area is 132 Å². The molecule has 0 unspecified atom stereocenters. The van der Waals surface area contributed by atoms with Crippen LogP contribution < -0.4 is 10.2 Å². The van der Waals surface area contributed by atoms with Gasteiger partial charge >= 0.3 is 0 Å². The molecular weight excluding hydrogens is 278 g/mol. The number of hydrogen-bond acceptors (Lipinski definition) is 3. The van der Waals surface area contributed by atoms with Gasteiger partial charge in [-0.15, -0.1) is 0 Å². The van der Waals surface area contributed by atoms with Crippen LogP contribution in [-0.2, 0) is 16.0 Å². The van der Waals surface area contributed by atoms with Gasteiger partial charge in [0.05, 0.1) is 13.1 Å². The first-order valence-electron chi connectivity index (χ1n) is 7.83. The summed E-state index contributed by atoms with van der Waals surface area (Å²) < 4.78 is 0.